The predicted octanol–water partition coefficient (Wildman–Crippen LogP) is 1.89. The van der Waals surface area contributed by atoms with Crippen LogP contribution in [0.5, 0.6) is 0 Å². The third-order valence-corrected chi connectivity index (χ3v) is 3.64. The minimum atomic E-state index is 0.765. The van der Waals surface area contributed by atoms with E-state index in [0.29, 0.717) is 0 Å². The normalized spacial score (nSPS) is 20.2. The van der Waals surface area contributed by atoms with E-state index in [-0.39, 0.29) is 0 Å². The van der Waals surface area contributed by atoms with Gasteiger partial charge in [-0.15, -0.1) is 0 Å². The van der Waals surface area contributed by atoms with Crippen LogP contribution in [0.25, 0.3) is 0 Å². The Balaban J connectivity index is 1.91. The Kier molecular flexibility index (Phi) is 5.44. The second-order valence-electron chi connectivity index (χ2n) is 5.71. The molecule has 1 aromatic rings. The van der Waals surface area contributed by atoms with Crippen molar-refractivity contribution in [1.29, 1.82) is 0 Å². The molecule has 0 bridgehead atoms. The predicted molar refractivity (Wildman–Crippen MR) is 82.9 cm³/mol. The molecule has 0 saturated carbocycles. The van der Waals surface area contributed by atoms with Crippen molar-refractivity contribution in [1.82, 2.24) is 20.0 Å². The lowest BCUT2D eigenvalue weighted by Crippen LogP contribution is -2.46. The summed E-state index contributed by atoms with van der Waals surface area (Å²) in [5.74, 6) is 1.82. The summed E-state index contributed by atoms with van der Waals surface area (Å²) in [6.45, 7) is 11.3. The van der Waals surface area contributed by atoms with Crippen LogP contribution >= 0.6 is 0 Å². The lowest BCUT2D eigenvalue weighted by atomic mass is 10.0. The van der Waals surface area contributed by atoms with E-state index in [1.165, 1.54) is 18.4 Å². The van der Waals surface area contributed by atoms with Crippen LogP contribution in [0.4, 0.5) is 0 Å². The van der Waals surface area contributed by atoms with Gasteiger partial charge in [-0.1, -0.05) is 6.92 Å². The van der Waals surface area contributed by atoms with Crippen LogP contribution in [0.2, 0.25) is 0 Å². The largest absolute Gasteiger partial charge is 0.357 e. The van der Waals surface area contributed by atoms with Crippen molar-refractivity contribution in [2.75, 3.05) is 26.2 Å². The van der Waals surface area contributed by atoms with Gasteiger partial charge >= 0.3 is 0 Å². The zero-order valence-electron chi connectivity index (χ0n) is 13.0. The molecule has 0 aliphatic carbocycles. The van der Waals surface area contributed by atoms with Crippen LogP contribution in [0.3, 0.4) is 0 Å². The van der Waals surface area contributed by atoms with Gasteiger partial charge in [0.1, 0.15) is 0 Å². The van der Waals surface area contributed by atoms with Crippen LogP contribution in [0.1, 0.15) is 32.3 Å². The average Bonchev–Trinajstić information content (AvgIpc) is 2.83. The smallest absolute Gasteiger partial charge is 0.193 e. The molecule has 20 heavy (non-hydrogen) atoms. The van der Waals surface area contributed by atoms with Crippen molar-refractivity contribution < 1.29 is 0 Å². The van der Waals surface area contributed by atoms with Crippen LogP contribution in [0.15, 0.2) is 17.4 Å². The number of aryl methyl sites for hydroxylation is 1. The number of likely N-dealkylation sites (tertiary alicyclic amines) is 1. The minimum absolute atomic E-state index is 0.765. The first-order valence-corrected chi connectivity index (χ1v) is 7.71. The summed E-state index contributed by atoms with van der Waals surface area (Å²) in [5.41, 5.74) is 1.20. The van der Waals surface area contributed by atoms with Gasteiger partial charge in [0.05, 0.1) is 19.3 Å². The molecule has 0 amide bonds. The second-order valence-corrected chi connectivity index (χ2v) is 5.71. The summed E-state index contributed by atoms with van der Waals surface area (Å²) in [7, 11) is 0. The number of hydrogen-bond acceptors (Lipinski definition) is 2. The van der Waals surface area contributed by atoms with Gasteiger partial charge in [-0.25, -0.2) is 0 Å². The van der Waals surface area contributed by atoms with Gasteiger partial charge in [-0.05, 0) is 38.2 Å². The Bertz CT molecular complexity index is 437. The van der Waals surface area contributed by atoms with Crippen LogP contribution in [0, 0.1) is 12.8 Å². The van der Waals surface area contributed by atoms with E-state index < -0.39 is 0 Å². The highest BCUT2D eigenvalue weighted by atomic mass is 15.3. The summed E-state index contributed by atoms with van der Waals surface area (Å²) in [5, 5.41) is 7.71. The van der Waals surface area contributed by atoms with Crippen molar-refractivity contribution >= 4 is 5.96 Å². The number of nitrogens with zero attached hydrogens (tertiary/aromatic N) is 4. The zero-order valence-corrected chi connectivity index (χ0v) is 13.0. The van der Waals surface area contributed by atoms with Gasteiger partial charge in [0.25, 0.3) is 0 Å². The highest BCUT2D eigenvalue weighted by Crippen LogP contribution is 2.15. The summed E-state index contributed by atoms with van der Waals surface area (Å²) >= 11 is 0. The maximum absolute atomic E-state index is 4.75. The summed E-state index contributed by atoms with van der Waals surface area (Å²) in [6.07, 6.45) is 6.55. The van der Waals surface area contributed by atoms with Crippen LogP contribution < -0.4 is 5.32 Å². The number of nitrogens with one attached hydrogen (secondary N) is 1. The highest BCUT2D eigenvalue weighted by molar-refractivity contribution is 5.80. The quantitative estimate of drug-likeness (QED) is 0.675. The number of aromatic nitrogens is 2. The Morgan fingerprint density at radius 1 is 1.55 bits per heavy atom. The third-order valence-electron chi connectivity index (χ3n) is 3.64. The van der Waals surface area contributed by atoms with Gasteiger partial charge in [0, 0.05) is 25.8 Å². The fourth-order valence-electron chi connectivity index (χ4n) is 2.66. The van der Waals surface area contributed by atoms with Gasteiger partial charge in [0.15, 0.2) is 5.96 Å². The summed E-state index contributed by atoms with van der Waals surface area (Å²) in [6, 6.07) is 0. The Morgan fingerprint density at radius 2 is 2.40 bits per heavy atom. The van der Waals surface area contributed by atoms with E-state index in [0.717, 1.165) is 44.6 Å². The lowest BCUT2D eigenvalue weighted by Gasteiger charge is -2.33. The molecule has 2 rings (SSSR count). The molecule has 1 aliphatic heterocycles. The molecule has 1 N–H and O–H groups in total. The first kappa shape index (κ1) is 14.9. The minimum Gasteiger partial charge on any atom is -0.357 e. The molecule has 1 aromatic heterocycles. The van der Waals surface area contributed by atoms with Crippen molar-refractivity contribution in [3.63, 3.8) is 0 Å². The standard InChI is InChI=1S/C15H27N5/c1-4-16-15(19-8-5-6-13(2)11-19)17-7-9-20-12-14(3)10-18-20/h10,12-13H,4-9,11H2,1-3H3,(H,16,17). The molecule has 112 valence electrons. The second kappa shape index (κ2) is 7.31. The van der Waals surface area contributed by atoms with Crippen LogP contribution in [-0.2, 0) is 6.54 Å². The molecule has 5 heteroatoms. The number of aliphatic imine (C=N–C) groups is 1. The average molecular weight is 277 g/mol. The number of piperidine rings is 1. The van der Waals surface area contributed by atoms with E-state index in [1.54, 1.807) is 0 Å². The molecule has 1 fully saturated rings. The van der Waals surface area contributed by atoms with E-state index in [9.17, 15) is 0 Å². The molecule has 1 aliphatic rings. The molecule has 0 aromatic carbocycles. The van der Waals surface area contributed by atoms with E-state index >= 15 is 0 Å². The van der Waals surface area contributed by atoms with Crippen molar-refractivity contribution in [2.24, 2.45) is 10.9 Å². The fraction of sp³-hybridized carbons (Fsp3) is 0.733. The molecule has 2 heterocycles. The maximum Gasteiger partial charge on any atom is 0.193 e. The lowest BCUT2D eigenvalue weighted by molar-refractivity contribution is 0.266. The van der Waals surface area contributed by atoms with Gasteiger partial charge in [-0.3, -0.25) is 9.67 Å². The van der Waals surface area contributed by atoms with Crippen LogP contribution in [-0.4, -0.2) is 46.8 Å². The topological polar surface area (TPSA) is 45.5 Å². The van der Waals surface area contributed by atoms with Crippen molar-refractivity contribution in [3.8, 4) is 0 Å². The molecular weight excluding hydrogens is 250 g/mol. The molecule has 5 nitrogen and oxygen atoms in total. The van der Waals surface area contributed by atoms with E-state index in [1.807, 2.05) is 10.9 Å². The Hall–Kier alpha value is -1.52. The highest BCUT2D eigenvalue weighted by Gasteiger charge is 2.18. The first-order valence-electron chi connectivity index (χ1n) is 7.71. The monoisotopic (exact) mass is 277 g/mol. The number of rotatable bonds is 4. The number of guanidine groups is 1. The summed E-state index contributed by atoms with van der Waals surface area (Å²) in [4.78, 5) is 7.14. The van der Waals surface area contributed by atoms with Gasteiger partial charge in [-0.2, -0.15) is 5.10 Å². The molecule has 1 atom stereocenters. The molecule has 1 saturated heterocycles. The molecule has 0 spiro atoms. The van der Waals surface area contributed by atoms with E-state index in [2.05, 4.69) is 42.3 Å². The van der Waals surface area contributed by atoms with Gasteiger partial charge < -0.3 is 10.2 Å². The maximum atomic E-state index is 4.75. The number of hydrogen-bond donors (Lipinski definition) is 1. The Labute approximate surface area is 122 Å². The Morgan fingerprint density at radius 3 is 3.05 bits per heavy atom. The molecular formula is C15H27N5. The molecule has 1 unspecified atom stereocenters. The molecule has 0 radical (unpaired) electrons. The summed E-state index contributed by atoms with van der Waals surface area (Å²) < 4.78 is 1.96. The van der Waals surface area contributed by atoms with E-state index in [4.69, 9.17) is 4.99 Å². The SMILES string of the molecule is CCNC(=NCCn1cc(C)cn1)N1CCCC(C)C1. The van der Waals surface area contributed by atoms with Gasteiger partial charge in [0.2, 0.25) is 0 Å². The zero-order chi connectivity index (χ0) is 14.4. The third kappa shape index (κ3) is 4.25. The van der Waals surface area contributed by atoms with Crippen molar-refractivity contribution in [3.05, 3.63) is 18.0 Å². The fourth-order valence-corrected chi connectivity index (χ4v) is 2.66. The first-order chi connectivity index (χ1) is 9.69. The van der Waals surface area contributed by atoms with Crippen molar-refractivity contribution in [2.45, 2.75) is 40.2 Å².